The first kappa shape index (κ1) is 16.7. The lowest BCUT2D eigenvalue weighted by molar-refractivity contribution is 0.0557. The number of carbonyl (C=O) groups excluding carboxylic acids is 1. The van der Waals surface area contributed by atoms with Crippen LogP contribution in [0.3, 0.4) is 0 Å². The molecule has 1 saturated heterocycles. The van der Waals surface area contributed by atoms with Crippen molar-refractivity contribution in [1.29, 1.82) is 0 Å². The topological polar surface area (TPSA) is 50.4 Å². The standard InChI is InChI=1S/C17H25FN2O2/c1-17(2,14-6-3-7-15(18)9-14)12-20-16(21)19-10-13-5-4-8-22-11-13/h3,6-7,9,13H,4-5,8,10-12H2,1-2H3,(H2,19,20,21). The minimum absolute atomic E-state index is 0.185. The largest absolute Gasteiger partial charge is 0.381 e. The van der Waals surface area contributed by atoms with Crippen LogP contribution < -0.4 is 10.6 Å². The van der Waals surface area contributed by atoms with Gasteiger partial charge in [-0.15, -0.1) is 0 Å². The Kier molecular flexibility index (Phi) is 5.77. The first-order valence-electron chi connectivity index (χ1n) is 7.83. The van der Waals surface area contributed by atoms with Gasteiger partial charge in [-0.05, 0) is 36.5 Å². The smallest absolute Gasteiger partial charge is 0.314 e. The average molecular weight is 308 g/mol. The number of hydrogen-bond donors (Lipinski definition) is 2. The molecule has 1 aliphatic rings. The maximum atomic E-state index is 13.3. The van der Waals surface area contributed by atoms with E-state index in [1.54, 1.807) is 6.07 Å². The Labute approximate surface area is 131 Å². The van der Waals surface area contributed by atoms with E-state index in [0.29, 0.717) is 19.0 Å². The van der Waals surface area contributed by atoms with Crippen molar-refractivity contribution in [2.24, 2.45) is 5.92 Å². The highest BCUT2D eigenvalue weighted by Crippen LogP contribution is 2.22. The summed E-state index contributed by atoms with van der Waals surface area (Å²) >= 11 is 0. The maximum absolute atomic E-state index is 13.3. The summed E-state index contributed by atoms with van der Waals surface area (Å²) in [7, 11) is 0. The van der Waals surface area contributed by atoms with Crippen molar-refractivity contribution >= 4 is 6.03 Å². The van der Waals surface area contributed by atoms with Gasteiger partial charge >= 0.3 is 6.03 Å². The van der Waals surface area contributed by atoms with Crippen molar-refractivity contribution < 1.29 is 13.9 Å². The first-order valence-corrected chi connectivity index (χ1v) is 7.83. The van der Waals surface area contributed by atoms with Crippen LogP contribution in [0.1, 0.15) is 32.3 Å². The van der Waals surface area contributed by atoms with Crippen LogP contribution in [0.5, 0.6) is 0 Å². The number of urea groups is 1. The fourth-order valence-electron chi connectivity index (χ4n) is 2.58. The van der Waals surface area contributed by atoms with Crippen LogP contribution in [0.25, 0.3) is 0 Å². The number of halogens is 1. The third-order valence-corrected chi connectivity index (χ3v) is 4.10. The zero-order valence-electron chi connectivity index (χ0n) is 13.3. The van der Waals surface area contributed by atoms with E-state index in [-0.39, 0.29) is 17.3 Å². The number of ether oxygens (including phenoxy) is 1. The van der Waals surface area contributed by atoms with E-state index >= 15 is 0 Å². The Morgan fingerprint density at radius 3 is 2.91 bits per heavy atom. The lowest BCUT2D eigenvalue weighted by Gasteiger charge is -2.26. The monoisotopic (exact) mass is 308 g/mol. The summed E-state index contributed by atoms with van der Waals surface area (Å²) in [5, 5.41) is 5.75. The fraction of sp³-hybridized carbons (Fsp3) is 0.588. The van der Waals surface area contributed by atoms with E-state index in [1.807, 2.05) is 19.9 Å². The van der Waals surface area contributed by atoms with Crippen LogP contribution in [0, 0.1) is 11.7 Å². The predicted octanol–water partition coefficient (Wildman–Crippen LogP) is 2.83. The van der Waals surface area contributed by atoms with E-state index in [1.165, 1.54) is 12.1 Å². The molecule has 1 aromatic rings. The second kappa shape index (κ2) is 7.58. The highest BCUT2D eigenvalue weighted by molar-refractivity contribution is 5.73. The summed E-state index contributed by atoms with van der Waals surface area (Å²) in [5.74, 6) is 0.142. The molecule has 1 unspecified atom stereocenters. The van der Waals surface area contributed by atoms with Gasteiger partial charge in [0.15, 0.2) is 0 Å². The molecule has 0 aliphatic carbocycles. The molecule has 1 aliphatic heterocycles. The summed E-state index contributed by atoms with van der Waals surface area (Å²) in [4.78, 5) is 11.9. The normalized spacial score (nSPS) is 18.8. The van der Waals surface area contributed by atoms with Gasteiger partial charge in [-0.25, -0.2) is 9.18 Å². The Morgan fingerprint density at radius 2 is 2.23 bits per heavy atom. The van der Waals surface area contributed by atoms with E-state index in [2.05, 4.69) is 10.6 Å². The predicted molar refractivity (Wildman–Crippen MR) is 84.4 cm³/mol. The molecule has 0 saturated carbocycles. The van der Waals surface area contributed by atoms with Crippen LogP contribution in [-0.4, -0.2) is 32.3 Å². The average Bonchev–Trinajstić information content (AvgIpc) is 2.52. The summed E-state index contributed by atoms with van der Waals surface area (Å²) < 4.78 is 18.7. The van der Waals surface area contributed by atoms with E-state index in [4.69, 9.17) is 4.74 Å². The molecule has 2 rings (SSSR count). The molecule has 22 heavy (non-hydrogen) atoms. The number of benzene rings is 1. The Hall–Kier alpha value is -1.62. The van der Waals surface area contributed by atoms with E-state index in [9.17, 15) is 9.18 Å². The van der Waals surface area contributed by atoms with Gasteiger partial charge < -0.3 is 15.4 Å². The molecule has 1 aromatic carbocycles. The van der Waals surface area contributed by atoms with Crippen LogP contribution in [0.4, 0.5) is 9.18 Å². The molecule has 1 atom stereocenters. The van der Waals surface area contributed by atoms with Crippen molar-refractivity contribution in [3.63, 3.8) is 0 Å². The molecule has 1 fully saturated rings. The molecule has 0 bridgehead atoms. The second-order valence-electron chi connectivity index (χ2n) is 6.54. The molecule has 2 N–H and O–H groups in total. The fourth-order valence-corrected chi connectivity index (χ4v) is 2.58. The molecule has 2 amide bonds. The van der Waals surface area contributed by atoms with E-state index in [0.717, 1.165) is 31.6 Å². The number of nitrogens with one attached hydrogen (secondary N) is 2. The third kappa shape index (κ3) is 4.98. The highest BCUT2D eigenvalue weighted by Gasteiger charge is 2.22. The zero-order valence-corrected chi connectivity index (χ0v) is 13.3. The van der Waals surface area contributed by atoms with Crippen molar-refractivity contribution in [2.45, 2.75) is 32.1 Å². The molecule has 1 heterocycles. The molecule has 5 heteroatoms. The number of hydrogen-bond acceptors (Lipinski definition) is 2. The van der Waals surface area contributed by atoms with Crippen LogP contribution in [0.15, 0.2) is 24.3 Å². The first-order chi connectivity index (χ1) is 10.5. The lowest BCUT2D eigenvalue weighted by Crippen LogP contribution is -2.44. The summed E-state index contributed by atoms with van der Waals surface area (Å²) in [5.41, 5.74) is 0.543. The number of carbonyl (C=O) groups is 1. The minimum Gasteiger partial charge on any atom is -0.381 e. The van der Waals surface area contributed by atoms with Gasteiger partial charge in [-0.1, -0.05) is 26.0 Å². The summed E-state index contributed by atoms with van der Waals surface area (Å²) in [6, 6.07) is 6.32. The summed E-state index contributed by atoms with van der Waals surface area (Å²) in [6.07, 6.45) is 2.15. The SMILES string of the molecule is CC(C)(CNC(=O)NCC1CCCOC1)c1cccc(F)c1. The van der Waals surface area contributed by atoms with Gasteiger partial charge in [0, 0.05) is 25.1 Å². The van der Waals surface area contributed by atoms with Crippen LogP contribution >= 0.6 is 0 Å². The van der Waals surface area contributed by atoms with Crippen molar-refractivity contribution in [3.8, 4) is 0 Å². The zero-order chi connectivity index (χ0) is 16.0. The van der Waals surface area contributed by atoms with Gasteiger partial charge in [-0.2, -0.15) is 0 Å². The van der Waals surface area contributed by atoms with Crippen molar-refractivity contribution in [2.75, 3.05) is 26.3 Å². The van der Waals surface area contributed by atoms with E-state index < -0.39 is 0 Å². The number of rotatable bonds is 5. The molecule has 122 valence electrons. The molecule has 4 nitrogen and oxygen atoms in total. The van der Waals surface area contributed by atoms with Crippen molar-refractivity contribution in [1.82, 2.24) is 10.6 Å². The van der Waals surface area contributed by atoms with Gasteiger partial charge in [-0.3, -0.25) is 0 Å². The Morgan fingerprint density at radius 1 is 1.41 bits per heavy atom. The lowest BCUT2D eigenvalue weighted by atomic mass is 9.84. The molecular weight excluding hydrogens is 283 g/mol. The summed E-state index contributed by atoms with van der Waals surface area (Å²) in [6.45, 7) is 6.59. The van der Waals surface area contributed by atoms with Gasteiger partial charge in [0.25, 0.3) is 0 Å². The molecule has 0 radical (unpaired) electrons. The maximum Gasteiger partial charge on any atom is 0.314 e. The Balaban J connectivity index is 1.77. The van der Waals surface area contributed by atoms with Crippen LogP contribution in [0.2, 0.25) is 0 Å². The van der Waals surface area contributed by atoms with Gasteiger partial charge in [0.2, 0.25) is 0 Å². The van der Waals surface area contributed by atoms with Crippen molar-refractivity contribution in [3.05, 3.63) is 35.6 Å². The highest BCUT2D eigenvalue weighted by atomic mass is 19.1. The molecular formula is C17H25FN2O2. The number of amides is 2. The van der Waals surface area contributed by atoms with Crippen LogP contribution in [-0.2, 0) is 10.2 Å². The second-order valence-corrected chi connectivity index (χ2v) is 6.54. The Bertz CT molecular complexity index is 499. The molecule has 0 spiro atoms. The third-order valence-electron chi connectivity index (χ3n) is 4.10. The van der Waals surface area contributed by atoms with Gasteiger partial charge in [0.05, 0.1) is 6.61 Å². The molecule has 0 aromatic heterocycles. The van der Waals surface area contributed by atoms with Gasteiger partial charge in [0.1, 0.15) is 5.82 Å². The quantitative estimate of drug-likeness (QED) is 0.879. The minimum atomic E-state index is -0.326.